The third-order valence-electron chi connectivity index (χ3n) is 4.57. The first kappa shape index (κ1) is 12.3. The summed E-state index contributed by atoms with van der Waals surface area (Å²) in [6.45, 7) is 10.6. The van der Waals surface area contributed by atoms with Crippen molar-refractivity contribution in [2.45, 2.75) is 32.6 Å². The maximum atomic E-state index is 6.00. The van der Waals surface area contributed by atoms with E-state index in [2.05, 4.69) is 16.7 Å². The average molecular weight is 225 g/mol. The summed E-state index contributed by atoms with van der Waals surface area (Å²) >= 11 is 0. The molecule has 0 unspecified atom stereocenters. The van der Waals surface area contributed by atoms with Gasteiger partial charge >= 0.3 is 0 Å². The molecule has 0 bridgehead atoms. The Morgan fingerprint density at radius 3 is 2.06 bits per heavy atom. The van der Waals surface area contributed by atoms with Crippen LogP contribution in [0.15, 0.2) is 0 Å². The van der Waals surface area contributed by atoms with Crippen LogP contribution in [0.1, 0.15) is 32.6 Å². The van der Waals surface area contributed by atoms with Crippen LogP contribution in [0.25, 0.3) is 0 Å². The van der Waals surface area contributed by atoms with Crippen LogP contribution < -0.4 is 5.73 Å². The first-order valence-electron chi connectivity index (χ1n) is 6.93. The van der Waals surface area contributed by atoms with Crippen LogP contribution in [-0.4, -0.2) is 55.6 Å². The Morgan fingerprint density at radius 1 is 1.00 bits per heavy atom. The van der Waals surface area contributed by atoms with E-state index in [0.29, 0.717) is 5.41 Å². The van der Waals surface area contributed by atoms with Gasteiger partial charge < -0.3 is 15.5 Å². The summed E-state index contributed by atoms with van der Waals surface area (Å²) in [6.07, 6.45) is 5.51. The number of nitrogens with two attached hydrogens (primary N) is 1. The van der Waals surface area contributed by atoms with Crippen LogP contribution >= 0.6 is 0 Å². The van der Waals surface area contributed by atoms with Crippen molar-refractivity contribution in [2.75, 3.05) is 45.8 Å². The minimum Gasteiger partial charge on any atom is -0.330 e. The summed E-state index contributed by atoms with van der Waals surface area (Å²) in [4.78, 5) is 5.19. The molecule has 1 aliphatic carbocycles. The Kier molecular flexibility index (Phi) is 4.22. The highest BCUT2D eigenvalue weighted by molar-refractivity contribution is 4.89. The normalized spacial score (nSPS) is 27.4. The zero-order valence-corrected chi connectivity index (χ0v) is 10.7. The molecule has 0 spiro atoms. The second-order valence-electron chi connectivity index (χ2n) is 5.62. The monoisotopic (exact) mass is 225 g/mol. The maximum absolute atomic E-state index is 6.00. The van der Waals surface area contributed by atoms with E-state index in [0.717, 1.165) is 6.54 Å². The smallest absolute Gasteiger partial charge is 0.0110 e. The molecule has 1 heterocycles. The van der Waals surface area contributed by atoms with Gasteiger partial charge in [-0.05, 0) is 31.3 Å². The second kappa shape index (κ2) is 5.48. The predicted molar refractivity (Wildman–Crippen MR) is 68.5 cm³/mol. The maximum Gasteiger partial charge on any atom is 0.0110 e. The molecular weight excluding hydrogens is 198 g/mol. The van der Waals surface area contributed by atoms with E-state index in [1.54, 1.807) is 0 Å². The van der Waals surface area contributed by atoms with Crippen LogP contribution in [0, 0.1) is 5.41 Å². The zero-order valence-electron chi connectivity index (χ0n) is 10.7. The molecule has 2 rings (SSSR count). The van der Waals surface area contributed by atoms with E-state index in [1.807, 2.05) is 0 Å². The summed E-state index contributed by atoms with van der Waals surface area (Å²) in [5.41, 5.74) is 6.47. The largest absolute Gasteiger partial charge is 0.330 e. The van der Waals surface area contributed by atoms with Crippen molar-refractivity contribution in [3.05, 3.63) is 0 Å². The van der Waals surface area contributed by atoms with Crippen LogP contribution in [0.3, 0.4) is 0 Å². The molecule has 16 heavy (non-hydrogen) atoms. The Labute approximate surface area is 100.0 Å². The van der Waals surface area contributed by atoms with Gasteiger partial charge in [0.25, 0.3) is 0 Å². The summed E-state index contributed by atoms with van der Waals surface area (Å²) in [6, 6.07) is 0. The molecule has 0 amide bonds. The minimum atomic E-state index is 0.467. The van der Waals surface area contributed by atoms with E-state index in [4.69, 9.17) is 5.73 Å². The quantitative estimate of drug-likeness (QED) is 0.779. The Bertz CT molecular complexity index is 203. The van der Waals surface area contributed by atoms with Crippen molar-refractivity contribution in [2.24, 2.45) is 11.1 Å². The topological polar surface area (TPSA) is 32.5 Å². The Balaban J connectivity index is 1.81. The van der Waals surface area contributed by atoms with Gasteiger partial charge in [0.1, 0.15) is 0 Å². The van der Waals surface area contributed by atoms with Crippen molar-refractivity contribution in [3.63, 3.8) is 0 Å². The van der Waals surface area contributed by atoms with Crippen molar-refractivity contribution >= 4 is 0 Å². The summed E-state index contributed by atoms with van der Waals surface area (Å²) in [5, 5.41) is 0. The van der Waals surface area contributed by atoms with Gasteiger partial charge in [-0.3, -0.25) is 0 Å². The molecule has 3 heteroatoms. The lowest BCUT2D eigenvalue weighted by molar-refractivity contribution is 0.0915. The minimum absolute atomic E-state index is 0.467. The molecule has 2 aliphatic rings. The number of piperazine rings is 1. The van der Waals surface area contributed by atoms with Gasteiger partial charge in [-0.1, -0.05) is 19.8 Å². The van der Waals surface area contributed by atoms with E-state index < -0.39 is 0 Å². The van der Waals surface area contributed by atoms with Crippen molar-refractivity contribution in [1.82, 2.24) is 9.80 Å². The van der Waals surface area contributed by atoms with Gasteiger partial charge in [0.2, 0.25) is 0 Å². The standard InChI is InChI=1S/C13H27N3/c1-2-15-7-9-16(10-8-15)12-13(11-14)5-3-4-6-13/h2-12,14H2,1H3. The molecule has 2 N–H and O–H groups in total. The molecule has 0 aromatic carbocycles. The van der Waals surface area contributed by atoms with Crippen molar-refractivity contribution in [1.29, 1.82) is 0 Å². The zero-order chi connectivity index (χ0) is 11.4. The lowest BCUT2D eigenvalue weighted by atomic mass is 9.85. The van der Waals surface area contributed by atoms with Crippen LogP contribution in [-0.2, 0) is 0 Å². The van der Waals surface area contributed by atoms with Crippen molar-refractivity contribution in [3.8, 4) is 0 Å². The molecule has 94 valence electrons. The summed E-state index contributed by atoms with van der Waals surface area (Å²) in [7, 11) is 0. The molecule has 0 aromatic rings. The average Bonchev–Trinajstić information content (AvgIpc) is 2.79. The first-order valence-corrected chi connectivity index (χ1v) is 6.93. The molecule has 0 aromatic heterocycles. The highest BCUT2D eigenvalue weighted by Gasteiger charge is 2.34. The molecule has 1 aliphatic heterocycles. The first-order chi connectivity index (χ1) is 7.78. The fourth-order valence-corrected chi connectivity index (χ4v) is 3.29. The number of nitrogens with zero attached hydrogens (tertiary/aromatic N) is 2. The number of hydrogen-bond donors (Lipinski definition) is 1. The van der Waals surface area contributed by atoms with E-state index in [9.17, 15) is 0 Å². The molecule has 0 atom stereocenters. The van der Waals surface area contributed by atoms with Gasteiger partial charge in [0.05, 0.1) is 0 Å². The molecular formula is C13H27N3. The lowest BCUT2D eigenvalue weighted by Crippen LogP contribution is -2.50. The highest BCUT2D eigenvalue weighted by atomic mass is 15.3. The summed E-state index contributed by atoms with van der Waals surface area (Å²) in [5.74, 6) is 0. The lowest BCUT2D eigenvalue weighted by Gasteiger charge is -2.39. The van der Waals surface area contributed by atoms with Crippen LogP contribution in [0.2, 0.25) is 0 Å². The van der Waals surface area contributed by atoms with Crippen LogP contribution in [0.4, 0.5) is 0 Å². The summed E-state index contributed by atoms with van der Waals surface area (Å²) < 4.78 is 0. The number of rotatable bonds is 4. The number of hydrogen-bond acceptors (Lipinski definition) is 3. The molecule has 2 fully saturated rings. The third-order valence-corrected chi connectivity index (χ3v) is 4.57. The van der Waals surface area contributed by atoms with E-state index in [-0.39, 0.29) is 0 Å². The SMILES string of the molecule is CCN1CCN(CC2(CN)CCCC2)CC1. The molecule has 0 radical (unpaired) electrons. The second-order valence-corrected chi connectivity index (χ2v) is 5.62. The van der Waals surface area contributed by atoms with Gasteiger partial charge in [-0.15, -0.1) is 0 Å². The van der Waals surface area contributed by atoms with E-state index in [1.165, 1.54) is 65.0 Å². The third kappa shape index (κ3) is 2.76. The van der Waals surface area contributed by atoms with Gasteiger partial charge in [0, 0.05) is 32.7 Å². The Morgan fingerprint density at radius 2 is 1.56 bits per heavy atom. The molecule has 1 saturated carbocycles. The fraction of sp³-hybridized carbons (Fsp3) is 1.00. The molecule has 1 saturated heterocycles. The van der Waals surface area contributed by atoms with Gasteiger partial charge in [-0.25, -0.2) is 0 Å². The highest BCUT2D eigenvalue weighted by Crippen LogP contribution is 2.37. The number of likely N-dealkylation sites (N-methyl/N-ethyl adjacent to an activating group) is 1. The van der Waals surface area contributed by atoms with Gasteiger partial charge in [0.15, 0.2) is 0 Å². The van der Waals surface area contributed by atoms with E-state index >= 15 is 0 Å². The fourth-order valence-electron chi connectivity index (χ4n) is 3.29. The predicted octanol–water partition coefficient (Wildman–Crippen LogP) is 1.14. The van der Waals surface area contributed by atoms with Crippen LogP contribution in [0.5, 0.6) is 0 Å². The molecule has 3 nitrogen and oxygen atoms in total. The van der Waals surface area contributed by atoms with Gasteiger partial charge in [-0.2, -0.15) is 0 Å². The Hall–Kier alpha value is -0.120. The van der Waals surface area contributed by atoms with Crippen molar-refractivity contribution < 1.29 is 0 Å².